The van der Waals surface area contributed by atoms with Crippen LogP contribution < -0.4 is 5.32 Å². The van der Waals surface area contributed by atoms with Crippen LogP contribution in [-0.4, -0.2) is 32.2 Å². The molecule has 1 heterocycles. The number of thioether (sulfide) groups is 1. The second kappa shape index (κ2) is 7.76. The number of anilines is 1. The van der Waals surface area contributed by atoms with E-state index in [0.717, 1.165) is 5.69 Å². The van der Waals surface area contributed by atoms with Gasteiger partial charge in [-0.15, -0.1) is 10.2 Å². The number of nitrogens with one attached hydrogen (secondary N) is 1. The van der Waals surface area contributed by atoms with E-state index in [2.05, 4.69) is 15.5 Å². The predicted molar refractivity (Wildman–Crippen MR) is 97.2 cm³/mol. The highest BCUT2D eigenvalue weighted by Crippen LogP contribution is 2.21. The molecule has 0 unspecified atom stereocenters. The molecule has 3 rings (SSSR count). The first-order chi connectivity index (χ1) is 12.1. The van der Waals surface area contributed by atoms with Crippen LogP contribution in [-0.2, 0) is 4.79 Å². The van der Waals surface area contributed by atoms with Gasteiger partial charge in [0.25, 0.3) is 0 Å². The standard InChI is InChI=1S/C18H16N4O2S/c1-13(23)20-15-9-7-14(8-10-15)17(24)11-25-18-21-19-12-22(18)16-5-3-2-4-6-16/h2-10,12H,11H2,1H3,(H,20,23). The number of carbonyl (C=O) groups excluding carboxylic acids is 2. The smallest absolute Gasteiger partial charge is 0.221 e. The number of hydrogen-bond donors (Lipinski definition) is 1. The molecule has 0 saturated heterocycles. The van der Waals surface area contributed by atoms with E-state index in [1.165, 1.54) is 18.7 Å². The fourth-order valence-electron chi connectivity index (χ4n) is 2.24. The van der Waals surface area contributed by atoms with Gasteiger partial charge < -0.3 is 5.32 Å². The molecule has 126 valence electrons. The van der Waals surface area contributed by atoms with Gasteiger partial charge in [0.15, 0.2) is 10.9 Å². The van der Waals surface area contributed by atoms with Gasteiger partial charge in [-0.2, -0.15) is 0 Å². The highest BCUT2D eigenvalue weighted by Gasteiger charge is 2.11. The number of nitrogens with zero attached hydrogens (tertiary/aromatic N) is 3. The van der Waals surface area contributed by atoms with Crippen LogP contribution in [0.4, 0.5) is 5.69 Å². The van der Waals surface area contributed by atoms with Gasteiger partial charge in [0.05, 0.1) is 5.75 Å². The second-order valence-electron chi connectivity index (χ2n) is 5.29. The van der Waals surface area contributed by atoms with Gasteiger partial charge in [-0.25, -0.2) is 0 Å². The first kappa shape index (κ1) is 16.9. The van der Waals surface area contributed by atoms with Crippen LogP contribution in [0, 0.1) is 0 Å². The lowest BCUT2D eigenvalue weighted by molar-refractivity contribution is -0.114. The van der Waals surface area contributed by atoms with Crippen molar-refractivity contribution in [3.63, 3.8) is 0 Å². The van der Waals surface area contributed by atoms with Crippen LogP contribution in [0.1, 0.15) is 17.3 Å². The molecule has 0 spiro atoms. The molecular formula is C18H16N4O2S. The minimum absolute atomic E-state index is 0.0120. The third kappa shape index (κ3) is 4.33. The number of aromatic nitrogens is 3. The maximum Gasteiger partial charge on any atom is 0.221 e. The molecule has 25 heavy (non-hydrogen) atoms. The SMILES string of the molecule is CC(=O)Nc1ccc(C(=O)CSc2nncn2-c2ccccc2)cc1. The number of amides is 1. The van der Waals surface area contributed by atoms with Crippen molar-refractivity contribution in [2.45, 2.75) is 12.1 Å². The predicted octanol–water partition coefficient (Wildman–Crippen LogP) is 3.20. The largest absolute Gasteiger partial charge is 0.326 e. The maximum atomic E-state index is 12.4. The molecule has 0 atom stereocenters. The van der Waals surface area contributed by atoms with Crippen molar-refractivity contribution in [1.29, 1.82) is 0 Å². The topological polar surface area (TPSA) is 76.9 Å². The third-order valence-electron chi connectivity index (χ3n) is 3.41. The lowest BCUT2D eigenvalue weighted by Crippen LogP contribution is -2.07. The van der Waals surface area contributed by atoms with Crippen molar-refractivity contribution >= 4 is 29.1 Å². The van der Waals surface area contributed by atoms with Crippen LogP contribution in [0.15, 0.2) is 66.1 Å². The van der Waals surface area contributed by atoms with E-state index >= 15 is 0 Å². The van der Waals surface area contributed by atoms with Crippen molar-refractivity contribution in [1.82, 2.24) is 14.8 Å². The lowest BCUT2D eigenvalue weighted by atomic mass is 10.1. The molecule has 0 aliphatic carbocycles. The highest BCUT2D eigenvalue weighted by molar-refractivity contribution is 7.99. The number of ketones is 1. The minimum atomic E-state index is -0.144. The Morgan fingerprint density at radius 2 is 1.80 bits per heavy atom. The van der Waals surface area contributed by atoms with Crippen LogP contribution >= 0.6 is 11.8 Å². The van der Waals surface area contributed by atoms with E-state index in [0.29, 0.717) is 16.4 Å². The first-order valence-corrected chi connectivity index (χ1v) is 8.61. The van der Waals surface area contributed by atoms with Crippen molar-refractivity contribution in [3.8, 4) is 5.69 Å². The lowest BCUT2D eigenvalue weighted by Gasteiger charge is -2.06. The summed E-state index contributed by atoms with van der Waals surface area (Å²) in [5.41, 5.74) is 2.20. The van der Waals surface area contributed by atoms with Crippen LogP contribution in [0.5, 0.6) is 0 Å². The summed E-state index contributed by atoms with van der Waals surface area (Å²) in [6.07, 6.45) is 1.63. The molecule has 0 aliphatic rings. The molecule has 0 saturated carbocycles. The Morgan fingerprint density at radius 3 is 2.48 bits per heavy atom. The Hall–Kier alpha value is -2.93. The van der Waals surface area contributed by atoms with E-state index in [-0.39, 0.29) is 17.4 Å². The molecular weight excluding hydrogens is 336 g/mol. The van der Waals surface area contributed by atoms with Gasteiger partial charge >= 0.3 is 0 Å². The first-order valence-electron chi connectivity index (χ1n) is 7.62. The summed E-state index contributed by atoms with van der Waals surface area (Å²) in [6, 6.07) is 16.6. The molecule has 0 fully saturated rings. The van der Waals surface area contributed by atoms with Gasteiger partial charge in [-0.05, 0) is 36.4 Å². The summed E-state index contributed by atoms with van der Waals surface area (Å²) < 4.78 is 1.85. The fourth-order valence-corrected chi connectivity index (χ4v) is 3.07. The van der Waals surface area contributed by atoms with Gasteiger partial charge in [0.2, 0.25) is 5.91 Å². The van der Waals surface area contributed by atoms with Crippen LogP contribution in [0.25, 0.3) is 5.69 Å². The van der Waals surface area contributed by atoms with Gasteiger partial charge in [-0.1, -0.05) is 30.0 Å². The van der Waals surface area contributed by atoms with Crippen LogP contribution in [0.3, 0.4) is 0 Å². The molecule has 1 aromatic heterocycles. The van der Waals surface area contributed by atoms with Crippen molar-refractivity contribution < 1.29 is 9.59 Å². The molecule has 0 aliphatic heterocycles. The molecule has 6 nitrogen and oxygen atoms in total. The molecule has 7 heteroatoms. The van der Waals surface area contributed by atoms with Crippen molar-refractivity contribution in [2.24, 2.45) is 0 Å². The zero-order chi connectivity index (χ0) is 17.6. The summed E-state index contributed by atoms with van der Waals surface area (Å²) in [6.45, 7) is 1.44. The van der Waals surface area contributed by atoms with E-state index in [1.807, 2.05) is 34.9 Å². The Balaban J connectivity index is 1.65. The highest BCUT2D eigenvalue weighted by atomic mass is 32.2. The van der Waals surface area contributed by atoms with E-state index in [1.54, 1.807) is 30.6 Å². The van der Waals surface area contributed by atoms with Crippen molar-refractivity contribution in [2.75, 3.05) is 11.1 Å². The molecule has 2 aromatic carbocycles. The third-order valence-corrected chi connectivity index (χ3v) is 4.35. The Bertz CT molecular complexity index is 876. The average molecular weight is 352 g/mol. The zero-order valence-electron chi connectivity index (χ0n) is 13.5. The number of rotatable bonds is 6. The molecule has 3 aromatic rings. The zero-order valence-corrected chi connectivity index (χ0v) is 14.4. The summed E-state index contributed by atoms with van der Waals surface area (Å²) in [5, 5.41) is 11.3. The Morgan fingerprint density at radius 1 is 1.08 bits per heavy atom. The summed E-state index contributed by atoms with van der Waals surface area (Å²) in [4.78, 5) is 23.4. The van der Waals surface area contributed by atoms with E-state index in [4.69, 9.17) is 0 Å². The Labute approximate surface area is 149 Å². The molecule has 0 bridgehead atoms. The van der Waals surface area contributed by atoms with E-state index < -0.39 is 0 Å². The quantitative estimate of drug-likeness (QED) is 0.544. The van der Waals surface area contributed by atoms with Crippen molar-refractivity contribution in [3.05, 3.63) is 66.5 Å². The summed E-state index contributed by atoms with van der Waals surface area (Å²) >= 11 is 1.34. The monoisotopic (exact) mass is 352 g/mol. The number of benzene rings is 2. The number of carbonyl (C=O) groups is 2. The minimum Gasteiger partial charge on any atom is -0.326 e. The number of hydrogen-bond acceptors (Lipinski definition) is 5. The van der Waals surface area contributed by atoms with Crippen LogP contribution in [0.2, 0.25) is 0 Å². The maximum absolute atomic E-state index is 12.4. The van der Waals surface area contributed by atoms with E-state index in [9.17, 15) is 9.59 Å². The van der Waals surface area contributed by atoms with Gasteiger partial charge in [0.1, 0.15) is 6.33 Å². The number of para-hydroxylation sites is 1. The average Bonchev–Trinajstić information content (AvgIpc) is 3.09. The fraction of sp³-hybridized carbons (Fsp3) is 0.111. The second-order valence-corrected chi connectivity index (χ2v) is 6.23. The van der Waals surface area contributed by atoms with Gasteiger partial charge in [0, 0.05) is 23.9 Å². The number of Topliss-reactive ketones (excluding diaryl/α,β-unsaturated/α-hetero) is 1. The molecule has 1 amide bonds. The molecule has 1 N–H and O–H groups in total. The summed E-state index contributed by atoms with van der Waals surface area (Å²) in [7, 11) is 0. The normalized spacial score (nSPS) is 10.4. The van der Waals surface area contributed by atoms with Gasteiger partial charge in [-0.3, -0.25) is 14.2 Å². The molecule has 0 radical (unpaired) electrons. The summed E-state index contributed by atoms with van der Waals surface area (Å²) in [5.74, 6) is 0.0993. The Kier molecular flexibility index (Phi) is 5.25.